The summed E-state index contributed by atoms with van der Waals surface area (Å²) >= 11 is 0. The van der Waals surface area contributed by atoms with Crippen LogP contribution in [0.4, 0.5) is 0 Å². The van der Waals surface area contributed by atoms with E-state index in [0.717, 1.165) is 57.8 Å². The van der Waals surface area contributed by atoms with Gasteiger partial charge < -0.3 is 14.0 Å². The zero-order chi connectivity index (χ0) is 40.9. The molecule has 3 nitrogen and oxygen atoms in total. The Morgan fingerprint density at radius 2 is 1.27 bits per heavy atom. The number of benzene rings is 2. The third kappa shape index (κ3) is 13.8. The zero-order valence-corrected chi connectivity index (χ0v) is 39.3. The van der Waals surface area contributed by atoms with Crippen LogP contribution in [0.1, 0.15) is 134 Å². The van der Waals surface area contributed by atoms with Crippen LogP contribution in [0.5, 0.6) is 0 Å². The molecule has 1 N–H and O–H groups in total. The first kappa shape index (κ1) is 46.8. The summed E-state index contributed by atoms with van der Waals surface area (Å²) in [7, 11) is -4.36. The number of allylic oxidation sites excluding steroid dienone is 7. The number of hydrogen-bond donors (Lipinski definition) is 1. The molecule has 55 heavy (non-hydrogen) atoms. The van der Waals surface area contributed by atoms with E-state index in [1.165, 1.54) is 43.8 Å². The molecule has 2 aromatic carbocycles. The summed E-state index contributed by atoms with van der Waals surface area (Å²) in [5, 5.41) is 13.9. The number of rotatable bonds is 19. The molecule has 0 saturated carbocycles. The molecule has 3 rings (SSSR count). The second kappa shape index (κ2) is 21.3. The summed E-state index contributed by atoms with van der Waals surface area (Å²) in [6.07, 6.45) is 18.3. The standard InChI is InChI=1S/C50H78O3Si2/c1-39(2)22-20-24-43(38-53-55(50(9,10)11,45-26-16-14-17-27-45)46-28-18-15-19-29-46)25-21-23-40(3)30-32-44-33-35-48(51)47(42(44)5)34-31-41(4)36-37-52-54(12,13)49(6,7)8/h14-19,22,25-30,36,44,48,51H,20-21,23-24,31-35,37-38H2,1-13H3/b40-30+,41-36+,43-25-/t44-,48-/m0/s1. The van der Waals surface area contributed by atoms with Crippen molar-refractivity contribution < 1.29 is 14.0 Å². The molecular formula is C50H78O3Si2. The summed E-state index contributed by atoms with van der Waals surface area (Å²) < 4.78 is 13.8. The largest absolute Gasteiger partial charge is 0.413 e. The van der Waals surface area contributed by atoms with Gasteiger partial charge >= 0.3 is 0 Å². The van der Waals surface area contributed by atoms with E-state index in [0.29, 0.717) is 19.1 Å². The third-order valence-corrected chi connectivity index (χ3v) is 21.9. The average Bonchev–Trinajstić information content (AvgIpc) is 3.11. The van der Waals surface area contributed by atoms with Gasteiger partial charge in [-0.3, -0.25) is 0 Å². The molecule has 0 fully saturated rings. The van der Waals surface area contributed by atoms with Gasteiger partial charge in [-0.2, -0.15) is 0 Å². The highest BCUT2D eigenvalue weighted by Gasteiger charge is 2.50. The van der Waals surface area contributed by atoms with Crippen LogP contribution in [0.25, 0.3) is 0 Å². The van der Waals surface area contributed by atoms with Crippen molar-refractivity contribution in [2.24, 2.45) is 5.92 Å². The fourth-order valence-corrected chi connectivity index (χ4v) is 13.2. The Balaban J connectivity index is 1.70. The molecule has 0 unspecified atom stereocenters. The lowest BCUT2D eigenvalue weighted by Crippen LogP contribution is -2.66. The lowest BCUT2D eigenvalue weighted by atomic mass is 9.78. The van der Waals surface area contributed by atoms with E-state index in [9.17, 15) is 5.11 Å². The van der Waals surface area contributed by atoms with Gasteiger partial charge in [-0.15, -0.1) is 0 Å². The molecule has 0 aliphatic heterocycles. The average molecular weight is 783 g/mol. The smallest absolute Gasteiger partial charge is 0.261 e. The van der Waals surface area contributed by atoms with Gasteiger partial charge in [-0.05, 0) is 143 Å². The van der Waals surface area contributed by atoms with Gasteiger partial charge in [0.05, 0.1) is 19.3 Å². The van der Waals surface area contributed by atoms with E-state index in [1.807, 2.05) is 0 Å². The topological polar surface area (TPSA) is 38.7 Å². The first-order valence-electron chi connectivity index (χ1n) is 21.2. The first-order chi connectivity index (χ1) is 25.8. The molecule has 0 heterocycles. The van der Waals surface area contributed by atoms with Crippen molar-refractivity contribution in [2.45, 2.75) is 163 Å². The van der Waals surface area contributed by atoms with Crippen molar-refractivity contribution in [1.29, 1.82) is 0 Å². The Morgan fingerprint density at radius 1 is 0.709 bits per heavy atom. The van der Waals surface area contributed by atoms with Gasteiger partial charge in [0.1, 0.15) is 0 Å². The van der Waals surface area contributed by atoms with Crippen molar-refractivity contribution >= 4 is 27.0 Å². The normalized spacial score (nSPS) is 18.2. The molecule has 0 saturated heterocycles. The van der Waals surface area contributed by atoms with Crippen molar-refractivity contribution in [2.75, 3.05) is 13.2 Å². The monoisotopic (exact) mass is 783 g/mol. The Morgan fingerprint density at radius 3 is 1.82 bits per heavy atom. The van der Waals surface area contributed by atoms with Crippen molar-refractivity contribution in [3.8, 4) is 0 Å². The summed E-state index contributed by atoms with van der Waals surface area (Å²) in [6, 6.07) is 22.0. The number of aliphatic hydroxyl groups is 1. The van der Waals surface area contributed by atoms with Crippen LogP contribution in [-0.2, 0) is 8.85 Å². The van der Waals surface area contributed by atoms with E-state index in [1.54, 1.807) is 0 Å². The molecule has 0 bridgehead atoms. The van der Waals surface area contributed by atoms with Crippen LogP contribution in [0.15, 0.2) is 118 Å². The second-order valence-electron chi connectivity index (χ2n) is 19.1. The molecular weight excluding hydrogens is 705 g/mol. The zero-order valence-electron chi connectivity index (χ0n) is 37.3. The van der Waals surface area contributed by atoms with Gasteiger partial charge in [0.15, 0.2) is 8.32 Å². The highest BCUT2D eigenvalue weighted by Crippen LogP contribution is 2.39. The quantitative estimate of drug-likeness (QED) is 0.114. The first-order valence-corrected chi connectivity index (χ1v) is 26.0. The molecule has 2 atom stereocenters. The molecule has 304 valence electrons. The van der Waals surface area contributed by atoms with Gasteiger partial charge in [-0.25, -0.2) is 0 Å². The van der Waals surface area contributed by atoms with Crippen LogP contribution in [0.3, 0.4) is 0 Å². The molecule has 1 aliphatic rings. The predicted octanol–water partition coefficient (Wildman–Crippen LogP) is 13.2. The van der Waals surface area contributed by atoms with E-state index >= 15 is 0 Å². The lowest BCUT2D eigenvalue weighted by Gasteiger charge is -2.43. The molecule has 0 aromatic heterocycles. The lowest BCUT2D eigenvalue weighted by molar-refractivity contribution is 0.173. The highest BCUT2D eigenvalue weighted by atomic mass is 28.4. The Hall–Kier alpha value is -2.55. The summed E-state index contributed by atoms with van der Waals surface area (Å²) in [4.78, 5) is 0. The van der Waals surface area contributed by atoms with Gasteiger partial charge in [0.25, 0.3) is 8.32 Å². The Kier molecular flexibility index (Phi) is 18.1. The van der Waals surface area contributed by atoms with Gasteiger partial charge in [0.2, 0.25) is 0 Å². The predicted molar refractivity (Wildman–Crippen MR) is 245 cm³/mol. The second-order valence-corrected chi connectivity index (χ2v) is 28.2. The van der Waals surface area contributed by atoms with E-state index < -0.39 is 16.6 Å². The van der Waals surface area contributed by atoms with Crippen molar-refractivity contribution in [3.05, 3.63) is 118 Å². The fraction of sp³-hybridized carbons (Fsp3) is 0.560. The summed E-state index contributed by atoms with van der Waals surface area (Å²) in [5.41, 5.74) is 8.26. The van der Waals surface area contributed by atoms with Crippen LogP contribution in [0, 0.1) is 5.92 Å². The van der Waals surface area contributed by atoms with E-state index in [-0.39, 0.29) is 16.2 Å². The third-order valence-electron chi connectivity index (χ3n) is 12.4. The van der Waals surface area contributed by atoms with Crippen LogP contribution < -0.4 is 10.4 Å². The van der Waals surface area contributed by atoms with Crippen LogP contribution in [-0.4, -0.2) is 41.1 Å². The maximum absolute atomic E-state index is 11.0. The maximum Gasteiger partial charge on any atom is 0.261 e. The van der Waals surface area contributed by atoms with Crippen LogP contribution in [0.2, 0.25) is 23.2 Å². The molecule has 0 radical (unpaired) electrons. The molecule has 0 spiro atoms. The van der Waals surface area contributed by atoms with Crippen LogP contribution >= 0.6 is 0 Å². The van der Waals surface area contributed by atoms with Gasteiger partial charge in [-0.1, -0.05) is 149 Å². The molecule has 0 amide bonds. The minimum absolute atomic E-state index is 0.0449. The van der Waals surface area contributed by atoms with Crippen molar-refractivity contribution in [1.82, 2.24) is 0 Å². The van der Waals surface area contributed by atoms with E-state index in [4.69, 9.17) is 8.85 Å². The number of aliphatic hydroxyl groups excluding tert-OH is 1. The maximum atomic E-state index is 11.0. The summed E-state index contributed by atoms with van der Waals surface area (Å²) in [6.45, 7) is 31.1. The minimum Gasteiger partial charge on any atom is -0.413 e. The molecule has 2 aromatic rings. The Bertz CT molecular complexity index is 1590. The summed E-state index contributed by atoms with van der Waals surface area (Å²) in [5.74, 6) is 0.509. The molecule has 5 heteroatoms. The minimum atomic E-state index is -2.61. The molecule has 1 aliphatic carbocycles. The fourth-order valence-electron chi connectivity index (χ4n) is 7.67. The van der Waals surface area contributed by atoms with E-state index in [2.05, 4.69) is 174 Å². The highest BCUT2D eigenvalue weighted by molar-refractivity contribution is 6.99. The Labute approximate surface area is 340 Å². The number of hydrogen-bond acceptors (Lipinski definition) is 3. The SMILES string of the molecule is CC(C)=CCC/C(=C/CC/C(C)=C/C[C@H]1CC[C@H](O)C(CC/C(C)=C/CO[Si](C)(C)C(C)(C)C)=C1C)CO[Si](c1ccccc1)(c1ccccc1)C(C)(C)C. The van der Waals surface area contributed by atoms with Gasteiger partial charge in [0, 0.05) is 0 Å². The van der Waals surface area contributed by atoms with Crippen molar-refractivity contribution in [3.63, 3.8) is 0 Å².